The minimum absolute atomic E-state index is 0.0725. The Bertz CT molecular complexity index is 790. The SMILES string of the molecule is CCc1cc2cc(C(=O)O)c(=O)oc2c([N+](=O)[O-])c1O. The molecule has 0 bridgehead atoms. The van der Waals surface area contributed by atoms with Crippen LogP contribution in [0.5, 0.6) is 5.75 Å². The number of carboxylic acid groups (broad SMARTS) is 1. The smallest absolute Gasteiger partial charge is 0.353 e. The fraction of sp³-hybridized carbons (Fsp3) is 0.167. The first-order valence-electron chi connectivity index (χ1n) is 5.57. The lowest BCUT2D eigenvalue weighted by molar-refractivity contribution is -0.384. The standard InChI is InChI=1S/C12H9NO7/c1-2-5-3-6-4-7(11(15)16)12(17)20-10(6)8(9(5)14)13(18)19/h3-4,14H,2H2,1H3,(H,15,16). The number of rotatable bonds is 3. The van der Waals surface area contributed by atoms with Crippen LogP contribution in [0.25, 0.3) is 11.0 Å². The van der Waals surface area contributed by atoms with E-state index < -0.39 is 39.1 Å². The van der Waals surface area contributed by atoms with Gasteiger partial charge in [0, 0.05) is 10.9 Å². The zero-order chi connectivity index (χ0) is 15.0. The quantitative estimate of drug-likeness (QED) is 0.496. The molecule has 2 aromatic rings. The van der Waals surface area contributed by atoms with Crippen molar-refractivity contribution in [3.63, 3.8) is 0 Å². The Hall–Kier alpha value is -2.90. The fourth-order valence-corrected chi connectivity index (χ4v) is 1.88. The number of nitro groups is 1. The van der Waals surface area contributed by atoms with Crippen LogP contribution in [0.3, 0.4) is 0 Å². The molecule has 2 rings (SSSR count). The van der Waals surface area contributed by atoms with E-state index >= 15 is 0 Å². The van der Waals surface area contributed by atoms with Crippen LogP contribution in [0.2, 0.25) is 0 Å². The summed E-state index contributed by atoms with van der Waals surface area (Å²) in [6, 6.07) is 2.35. The van der Waals surface area contributed by atoms with E-state index in [4.69, 9.17) is 5.11 Å². The third-order valence-electron chi connectivity index (χ3n) is 2.84. The molecule has 2 N–H and O–H groups in total. The van der Waals surface area contributed by atoms with E-state index in [1.807, 2.05) is 0 Å². The molecule has 1 aromatic carbocycles. The van der Waals surface area contributed by atoms with Gasteiger partial charge in [-0.15, -0.1) is 0 Å². The third-order valence-corrected chi connectivity index (χ3v) is 2.84. The molecule has 0 aliphatic heterocycles. The molecule has 0 amide bonds. The zero-order valence-electron chi connectivity index (χ0n) is 10.2. The van der Waals surface area contributed by atoms with Gasteiger partial charge in [-0.2, -0.15) is 0 Å². The zero-order valence-corrected chi connectivity index (χ0v) is 10.2. The normalized spacial score (nSPS) is 10.7. The molecule has 0 saturated heterocycles. The average molecular weight is 279 g/mol. The van der Waals surface area contributed by atoms with E-state index in [0.717, 1.165) is 6.07 Å². The molecule has 0 saturated carbocycles. The number of fused-ring (bicyclic) bond motifs is 1. The number of nitrogens with zero attached hydrogens (tertiary/aromatic N) is 1. The van der Waals surface area contributed by atoms with Crippen molar-refractivity contribution in [2.24, 2.45) is 0 Å². The van der Waals surface area contributed by atoms with E-state index in [2.05, 4.69) is 4.42 Å². The van der Waals surface area contributed by atoms with Crippen LogP contribution in [0.15, 0.2) is 21.3 Å². The number of carbonyl (C=O) groups is 1. The van der Waals surface area contributed by atoms with Gasteiger partial charge in [-0.05, 0) is 18.6 Å². The van der Waals surface area contributed by atoms with E-state index in [9.17, 15) is 24.8 Å². The first-order chi connectivity index (χ1) is 9.36. The van der Waals surface area contributed by atoms with E-state index in [1.54, 1.807) is 6.92 Å². The van der Waals surface area contributed by atoms with Gasteiger partial charge in [0.15, 0.2) is 0 Å². The van der Waals surface area contributed by atoms with Gasteiger partial charge in [-0.25, -0.2) is 9.59 Å². The Labute approximate surface area is 111 Å². The number of aryl methyl sites for hydroxylation is 1. The summed E-state index contributed by atoms with van der Waals surface area (Å²) in [5, 5.41) is 29.7. The summed E-state index contributed by atoms with van der Waals surface area (Å²) in [5.41, 5.74) is -2.77. The molecular weight excluding hydrogens is 270 g/mol. The summed E-state index contributed by atoms with van der Waals surface area (Å²) in [6.45, 7) is 1.67. The van der Waals surface area contributed by atoms with Crippen molar-refractivity contribution in [2.45, 2.75) is 13.3 Å². The molecule has 104 valence electrons. The second-order valence-corrected chi connectivity index (χ2v) is 4.01. The van der Waals surface area contributed by atoms with Gasteiger partial charge in [-0.1, -0.05) is 6.92 Å². The molecule has 1 heterocycles. The highest BCUT2D eigenvalue weighted by atomic mass is 16.6. The van der Waals surface area contributed by atoms with Crippen molar-refractivity contribution in [1.29, 1.82) is 0 Å². The molecule has 1 aromatic heterocycles. The number of benzene rings is 1. The highest BCUT2D eigenvalue weighted by Gasteiger charge is 2.26. The molecule has 0 fully saturated rings. The summed E-state index contributed by atoms with van der Waals surface area (Å²) in [5.74, 6) is -2.08. The first kappa shape index (κ1) is 13.5. The van der Waals surface area contributed by atoms with E-state index in [-0.39, 0.29) is 10.9 Å². The summed E-state index contributed by atoms with van der Waals surface area (Å²) < 4.78 is 4.69. The fourth-order valence-electron chi connectivity index (χ4n) is 1.88. The number of phenolic OH excluding ortho intramolecular Hbond substituents is 1. The van der Waals surface area contributed by atoms with Crippen LogP contribution in [0.1, 0.15) is 22.8 Å². The van der Waals surface area contributed by atoms with E-state index in [0.29, 0.717) is 6.42 Å². The van der Waals surface area contributed by atoms with Crippen molar-refractivity contribution in [2.75, 3.05) is 0 Å². The summed E-state index contributed by atoms with van der Waals surface area (Å²) in [4.78, 5) is 32.5. The highest BCUT2D eigenvalue weighted by Crippen LogP contribution is 2.37. The van der Waals surface area contributed by atoms with Gasteiger partial charge in [0.1, 0.15) is 5.56 Å². The van der Waals surface area contributed by atoms with Crippen molar-refractivity contribution >= 4 is 22.6 Å². The van der Waals surface area contributed by atoms with Crippen molar-refractivity contribution < 1.29 is 24.3 Å². The van der Waals surface area contributed by atoms with Gasteiger partial charge in [0.25, 0.3) is 0 Å². The Balaban J connectivity index is 2.98. The number of aromatic hydroxyl groups is 1. The number of hydrogen-bond donors (Lipinski definition) is 2. The van der Waals surface area contributed by atoms with Gasteiger partial charge in [0.05, 0.1) is 4.92 Å². The lowest BCUT2D eigenvalue weighted by atomic mass is 10.1. The van der Waals surface area contributed by atoms with Crippen molar-refractivity contribution in [3.8, 4) is 5.75 Å². The highest BCUT2D eigenvalue weighted by molar-refractivity contribution is 5.95. The maximum absolute atomic E-state index is 11.5. The van der Waals surface area contributed by atoms with Gasteiger partial charge < -0.3 is 14.6 Å². The van der Waals surface area contributed by atoms with Gasteiger partial charge >= 0.3 is 17.3 Å². The average Bonchev–Trinajstić information content (AvgIpc) is 2.36. The molecular formula is C12H9NO7. The van der Waals surface area contributed by atoms with Crippen LogP contribution < -0.4 is 5.63 Å². The van der Waals surface area contributed by atoms with Crippen LogP contribution in [-0.2, 0) is 6.42 Å². The molecule has 0 aliphatic rings. The molecule has 0 atom stereocenters. The number of phenols is 1. The van der Waals surface area contributed by atoms with Crippen LogP contribution in [0.4, 0.5) is 5.69 Å². The number of hydrogen-bond acceptors (Lipinski definition) is 6. The Kier molecular flexibility index (Phi) is 3.15. The Morgan fingerprint density at radius 2 is 2.10 bits per heavy atom. The Morgan fingerprint density at radius 3 is 2.60 bits per heavy atom. The second-order valence-electron chi connectivity index (χ2n) is 4.01. The van der Waals surface area contributed by atoms with Crippen molar-refractivity contribution in [3.05, 3.63) is 43.8 Å². The summed E-state index contributed by atoms with van der Waals surface area (Å²) >= 11 is 0. The topological polar surface area (TPSA) is 131 Å². The monoisotopic (exact) mass is 279 g/mol. The van der Waals surface area contributed by atoms with Gasteiger partial charge in [0.2, 0.25) is 11.3 Å². The van der Waals surface area contributed by atoms with Crippen LogP contribution >= 0.6 is 0 Å². The third kappa shape index (κ3) is 1.96. The Morgan fingerprint density at radius 1 is 1.45 bits per heavy atom. The first-order valence-corrected chi connectivity index (χ1v) is 5.57. The predicted octanol–water partition coefficient (Wildman–Crippen LogP) is 1.67. The minimum Gasteiger partial charge on any atom is -0.502 e. The predicted molar refractivity (Wildman–Crippen MR) is 67.1 cm³/mol. The summed E-state index contributed by atoms with van der Waals surface area (Å²) in [7, 11) is 0. The van der Waals surface area contributed by atoms with Crippen LogP contribution in [-0.4, -0.2) is 21.1 Å². The maximum Gasteiger partial charge on any atom is 0.353 e. The second kappa shape index (κ2) is 4.65. The molecule has 0 aliphatic carbocycles. The molecule has 8 nitrogen and oxygen atoms in total. The lowest BCUT2D eigenvalue weighted by Gasteiger charge is -2.06. The number of aromatic carboxylic acids is 1. The summed E-state index contributed by atoms with van der Waals surface area (Å²) in [6.07, 6.45) is 0.296. The van der Waals surface area contributed by atoms with Crippen molar-refractivity contribution in [1.82, 2.24) is 0 Å². The van der Waals surface area contributed by atoms with E-state index in [1.165, 1.54) is 6.07 Å². The number of carboxylic acids is 1. The lowest BCUT2D eigenvalue weighted by Crippen LogP contribution is -2.13. The minimum atomic E-state index is -1.49. The van der Waals surface area contributed by atoms with Gasteiger partial charge in [-0.3, -0.25) is 10.1 Å². The largest absolute Gasteiger partial charge is 0.502 e. The number of nitro benzene ring substituents is 1. The molecule has 0 unspecified atom stereocenters. The molecule has 8 heteroatoms. The maximum atomic E-state index is 11.5. The molecule has 0 radical (unpaired) electrons. The van der Waals surface area contributed by atoms with Crippen LogP contribution in [0, 0.1) is 10.1 Å². The molecule has 20 heavy (non-hydrogen) atoms. The molecule has 0 spiro atoms.